The fourth-order valence-electron chi connectivity index (χ4n) is 3.01. The summed E-state index contributed by atoms with van der Waals surface area (Å²) in [6.07, 6.45) is 1.51. The van der Waals surface area contributed by atoms with Crippen molar-refractivity contribution in [1.29, 1.82) is 0 Å². The van der Waals surface area contributed by atoms with Crippen molar-refractivity contribution in [3.63, 3.8) is 0 Å². The van der Waals surface area contributed by atoms with Gasteiger partial charge in [-0.2, -0.15) is 0 Å². The van der Waals surface area contributed by atoms with E-state index >= 15 is 0 Å². The highest BCUT2D eigenvalue weighted by Gasteiger charge is 2.21. The molecule has 0 unspecified atom stereocenters. The molecule has 0 aliphatic heterocycles. The van der Waals surface area contributed by atoms with E-state index in [1.807, 2.05) is 32.9 Å². The van der Waals surface area contributed by atoms with Crippen LogP contribution in [0.25, 0.3) is 0 Å². The van der Waals surface area contributed by atoms with Gasteiger partial charge in [-0.1, -0.05) is 47.7 Å². The van der Waals surface area contributed by atoms with E-state index in [2.05, 4.69) is 16.8 Å². The Labute approximate surface area is 198 Å². The largest absolute Gasteiger partial charge is 0.459 e. The SMILES string of the molecule is C=CCn1c(CS(=O)(=O)c2ccc(C)cc2)nnc1SCc1ccc(C(=O)OC(C)C)cc1. The summed E-state index contributed by atoms with van der Waals surface area (Å²) in [6.45, 7) is 9.69. The monoisotopic (exact) mass is 485 g/mol. The molecule has 9 heteroatoms. The Morgan fingerprint density at radius 3 is 2.39 bits per heavy atom. The van der Waals surface area contributed by atoms with Crippen LogP contribution >= 0.6 is 11.8 Å². The molecule has 0 aliphatic rings. The molecule has 0 atom stereocenters. The Kier molecular flexibility index (Phi) is 8.10. The van der Waals surface area contributed by atoms with Crippen LogP contribution in [0.1, 0.15) is 41.2 Å². The van der Waals surface area contributed by atoms with Crippen molar-refractivity contribution < 1.29 is 17.9 Å². The van der Waals surface area contributed by atoms with E-state index in [1.165, 1.54) is 11.8 Å². The maximum atomic E-state index is 12.9. The molecule has 33 heavy (non-hydrogen) atoms. The maximum Gasteiger partial charge on any atom is 0.338 e. The molecule has 7 nitrogen and oxygen atoms in total. The van der Waals surface area contributed by atoms with E-state index in [1.54, 1.807) is 47.0 Å². The lowest BCUT2D eigenvalue weighted by atomic mass is 10.1. The lowest BCUT2D eigenvalue weighted by Gasteiger charge is -2.09. The van der Waals surface area contributed by atoms with E-state index in [9.17, 15) is 13.2 Å². The van der Waals surface area contributed by atoms with Crippen LogP contribution < -0.4 is 0 Å². The van der Waals surface area contributed by atoms with Gasteiger partial charge in [0.25, 0.3) is 0 Å². The zero-order chi connectivity index (χ0) is 24.0. The van der Waals surface area contributed by atoms with Crippen molar-refractivity contribution in [2.75, 3.05) is 0 Å². The van der Waals surface area contributed by atoms with Crippen molar-refractivity contribution in [2.45, 2.75) is 55.0 Å². The third-order valence-corrected chi connectivity index (χ3v) is 7.37. The number of aromatic nitrogens is 3. The standard InChI is InChI=1S/C24H27N3O4S2/c1-5-14-27-22(16-33(29,30)21-12-6-18(4)7-13-21)25-26-24(27)32-15-19-8-10-20(11-9-19)23(28)31-17(2)3/h5-13,17H,1,14-16H2,2-4H3. The lowest BCUT2D eigenvalue weighted by Crippen LogP contribution is -2.11. The smallest absolute Gasteiger partial charge is 0.338 e. The van der Waals surface area contributed by atoms with E-state index in [0.29, 0.717) is 28.8 Å². The molecule has 1 heterocycles. The molecule has 0 radical (unpaired) electrons. The lowest BCUT2D eigenvalue weighted by molar-refractivity contribution is 0.0378. The van der Waals surface area contributed by atoms with Gasteiger partial charge in [-0.15, -0.1) is 16.8 Å². The van der Waals surface area contributed by atoms with Gasteiger partial charge in [0.1, 0.15) is 11.6 Å². The summed E-state index contributed by atoms with van der Waals surface area (Å²) in [5.74, 6) is 0.350. The molecule has 0 N–H and O–H groups in total. The molecule has 0 saturated heterocycles. The summed E-state index contributed by atoms with van der Waals surface area (Å²) in [4.78, 5) is 12.2. The average molecular weight is 486 g/mol. The Balaban J connectivity index is 1.72. The highest BCUT2D eigenvalue weighted by Crippen LogP contribution is 2.24. The van der Waals surface area contributed by atoms with Crippen molar-refractivity contribution in [3.05, 3.63) is 83.7 Å². The molecule has 174 valence electrons. The number of hydrogen-bond donors (Lipinski definition) is 0. The van der Waals surface area contributed by atoms with Gasteiger partial charge in [0.05, 0.1) is 16.6 Å². The molecule has 0 spiro atoms. The first-order valence-electron chi connectivity index (χ1n) is 10.4. The van der Waals surface area contributed by atoms with E-state index in [-0.39, 0.29) is 22.7 Å². The number of carbonyl (C=O) groups excluding carboxylic acids is 1. The van der Waals surface area contributed by atoms with Gasteiger partial charge in [-0.05, 0) is 50.6 Å². The Morgan fingerprint density at radius 2 is 1.79 bits per heavy atom. The molecule has 0 aliphatic carbocycles. The second-order valence-electron chi connectivity index (χ2n) is 7.81. The van der Waals surface area contributed by atoms with Crippen LogP contribution in [0.5, 0.6) is 0 Å². The van der Waals surface area contributed by atoms with Gasteiger partial charge < -0.3 is 9.30 Å². The minimum Gasteiger partial charge on any atom is -0.459 e. The number of allylic oxidation sites excluding steroid dienone is 1. The van der Waals surface area contributed by atoms with Gasteiger partial charge in [-0.25, -0.2) is 13.2 Å². The van der Waals surface area contributed by atoms with E-state index < -0.39 is 9.84 Å². The van der Waals surface area contributed by atoms with Crippen LogP contribution in [-0.4, -0.2) is 35.3 Å². The van der Waals surface area contributed by atoms with Crippen molar-refractivity contribution in [2.24, 2.45) is 0 Å². The molecular formula is C24H27N3O4S2. The number of esters is 1. The molecule has 0 saturated carbocycles. The van der Waals surface area contributed by atoms with Gasteiger partial charge in [0.15, 0.2) is 15.0 Å². The zero-order valence-corrected chi connectivity index (χ0v) is 20.5. The third-order valence-electron chi connectivity index (χ3n) is 4.70. The molecule has 0 bridgehead atoms. The molecule has 0 amide bonds. The normalized spacial score (nSPS) is 11.5. The van der Waals surface area contributed by atoms with Crippen molar-refractivity contribution in [1.82, 2.24) is 14.8 Å². The number of thioether (sulfide) groups is 1. The summed E-state index contributed by atoms with van der Waals surface area (Å²) in [5.41, 5.74) is 2.48. The summed E-state index contributed by atoms with van der Waals surface area (Å²) in [5, 5.41) is 8.96. The predicted octanol–water partition coefficient (Wildman–Crippen LogP) is 4.60. The van der Waals surface area contributed by atoms with Crippen LogP contribution in [0, 0.1) is 6.92 Å². The number of hydrogen-bond acceptors (Lipinski definition) is 7. The fraction of sp³-hybridized carbons (Fsp3) is 0.292. The van der Waals surface area contributed by atoms with Crippen molar-refractivity contribution >= 4 is 27.6 Å². The number of sulfone groups is 1. The maximum absolute atomic E-state index is 12.9. The first-order chi connectivity index (χ1) is 15.7. The number of aryl methyl sites for hydroxylation is 1. The highest BCUT2D eigenvalue weighted by molar-refractivity contribution is 7.98. The second kappa shape index (κ2) is 10.8. The molecule has 1 aromatic heterocycles. The Morgan fingerprint density at radius 1 is 1.12 bits per heavy atom. The first-order valence-corrected chi connectivity index (χ1v) is 13.1. The van der Waals surface area contributed by atoms with E-state index in [0.717, 1.165) is 11.1 Å². The van der Waals surface area contributed by atoms with Crippen molar-refractivity contribution in [3.8, 4) is 0 Å². The summed E-state index contributed by atoms with van der Waals surface area (Å²) >= 11 is 1.44. The Bertz CT molecular complexity index is 1220. The summed E-state index contributed by atoms with van der Waals surface area (Å²) in [7, 11) is -3.56. The highest BCUT2D eigenvalue weighted by atomic mass is 32.2. The zero-order valence-electron chi connectivity index (χ0n) is 18.9. The number of carbonyl (C=O) groups is 1. The van der Waals surface area contributed by atoms with E-state index in [4.69, 9.17) is 4.74 Å². The topological polar surface area (TPSA) is 91.1 Å². The molecule has 2 aromatic carbocycles. The minimum absolute atomic E-state index is 0.173. The van der Waals surface area contributed by atoms with Gasteiger partial charge in [-0.3, -0.25) is 0 Å². The molecular weight excluding hydrogens is 458 g/mol. The third kappa shape index (κ3) is 6.55. The van der Waals surface area contributed by atoms with Crippen LogP contribution in [0.3, 0.4) is 0 Å². The molecule has 3 aromatic rings. The first kappa shape index (κ1) is 24.7. The van der Waals surface area contributed by atoms with Gasteiger partial charge in [0.2, 0.25) is 0 Å². The average Bonchev–Trinajstić information content (AvgIpc) is 3.13. The quantitative estimate of drug-likeness (QED) is 0.235. The number of rotatable bonds is 10. The van der Waals surface area contributed by atoms with Crippen LogP contribution in [0.15, 0.2) is 71.2 Å². The number of benzene rings is 2. The molecule has 0 fully saturated rings. The second-order valence-corrected chi connectivity index (χ2v) is 10.7. The number of ether oxygens (including phenoxy) is 1. The van der Waals surface area contributed by atoms with Crippen LogP contribution in [-0.2, 0) is 32.6 Å². The van der Waals surface area contributed by atoms with Gasteiger partial charge in [0, 0.05) is 12.3 Å². The molecule has 3 rings (SSSR count). The number of nitrogens with zero attached hydrogens (tertiary/aromatic N) is 3. The van der Waals surface area contributed by atoms with Crippen LogP contribution in [0.2, 0.25) is 0 Å². The fourth-order valence-corrected chi connectivity index (χ4v) is 5.20. The van der Waals surface area contributed by atoms with Crippen LogP contribution in [0.4, 0.5) is 0 Å². The Hall–Kier alpha value is -2.91. The minimum atomic E-state index is -3.56. The predicted molar refractivity (Wildman–Crippen MR) is 129 cm³/mol. The summed E-state index contributed by atoms with van der Waals surface area (Å²) in [6, 6.07) is 13.9. The summed E-state index contributed by atoms with van der Waals surface area (Å²) < 4.78 is 32.7. The van der Waals surface area contributed by atoms with Gasteiger partial charge >= 0.3 is 5.97 Å².